The molecule has 5 heteroatoms. The summed E-state index contributed by atoms with van der Waals surface area (Å²) in [5.41, 5.74) is -0.644. The van der Waals surface area contributed by atoms with E-state index in [-0.39, 0.29) is 17.7 Å². The highest BCUT2D eigenvalue weighted by Crippen LogP contribution is 2.49. The quantitative estimate of drug-likeness (QED) is 0.845. The minimum absolute atomic E-state index is 0.00956. The van der Waals surface area contributed by atoms with Crippen molar-refractivity contribution in [3.63, 3.8) is 0 Å². The van der Waals surface area contributed by atoms with Crippen LogP contribution in [0.3, 0.4) is 0 Å². The van der Waals surface area contributed by atoms with Gasteiger partial charge in [0, 0.05) is 24.8 Å². The second-order valence-electron chi connectivity index (χ2n) is 5.63. The summed E-state index contributed by atoms with van der Waals surface area (Å²) in [5.74, 6) is 0.377. The zero-order valence-electron chi connectivity index (χ0n) is 11.0. The second-order valence-corrected chi connectivity index (χ2v) is 6.54. The van der Waals surface area contributed by atoms with Crippen LogP contribution < -0.4 is 0 Å². The van der Waals surface area contributed by atoms with E-state index in [9.17, 15) is 14.7 Å². The first-order valence-electron chi connectivity index (χ1n) is 6.52. The maximum atomic E-state index is 12.3. The average Bonchev–Trinajstić information content (AvgIpc) is 2.85. The molecule has 1 aliphatic carbocycles. The number of rotatable bonds is 4. The number of thioether (sulfide) groups is 1. The summed E-state index contributed by atoms with van der Waals surface area (Å²) < 4.78 is 0. The normalized spacial score (nSPS) is 32.3. The van der Waals surface area contributed by atoms with Crippen LogP contribution in [0.4, 0.5) is 0 Å². The SMILES string of the molecule is CSCC(C)C(=O)N1C[C@@H]2CCC[C@@]2(C(=O)O)C1. The van der Waals surface area contributed by atoms with Crippen LogP contribution >= 0.6 is 11.8 Å². The molecule has 102 valence electrons. The number of fused-ring (bicyclic) bond motifs is 1. The number of amides is 1. The van der Waals surface area contributed by atoms with Crippen LogP contribution in [0.25, 0.3) is 0 Å². The molecule has 2 aliphatic rings. The molecular weight excluding hydrogens is 250 g/mol. The summed E-state index contributed by atoms with van der Waals surface area (Å²) in [6.07, 6.45) is 4.65. The zero-order valence-corrected chi connectivity index (χ0v) is 11.8. The number of likely N-dealkylation sites (tertiary alicyclic amines) is 1. The standard InChI is InChI=1S/C13H21NO3S/c1-9(7-18-2)11(15)14-6-10-4-3-5-13(10,8-14)12(16)17/h9-10H,3-8H2,1-2H3,(H,16,17)/t9?,10-,13+/m0/s1. The van der Waals surface area contributed by atoms with Crippen LogP contribution in [-0.4, -0.2) is 47.0 Å². The van der Waals surface area contributed by atoms with Crippen molar-refractivity contribution in [2.45, 2.75) is 26.2 Å². The lowest BCUT2D eigenvalue weighted by Gasteiger charge is -2.24. The molecule has 0 aromatic carbocycles. The average molecular weight is 271 g/mol. The van der Waals surface area contributed by atoms with Gasteiger partial charge in [-0.25, -0.2) is 0 Å². The number of carbonyl (C=O) groups excluding carboxylic acids is 1. The number of hydrogen-bond donors (Lipinski definition) is 1. The van der Waals surface area contributed by atoms with Crippen molar-refractivity contribution in [3.05, 3.63) is 0 Å². The van der Waals surface area contributed by atoms with Gasteiger partial charge in [0.25, 0.3) is 0 Å². The van der Waals surface area contributed by atoms with Crippen LogP contribution in [0.2, 0.25) is 0 Å². The molecule has 0 bridgehead atoms. The lowest BCUT2D eigenvalue weighted by Crippen LogP contribution is -2.39. The summed E-state index contributed by atoms with van der Waals surface area (Å²) in [6, 6.07) is 0. The maximum Gasteiger partial charge on any atom is 0.311 e. The van der Waals surface area contributed by atoms with E-state index in [1.165, 1.54) is 0 Å². The van der Waals surface area contributed by atoms with Gasteiger partial charge in [-0.3, -0.25) is 9.59 Å². The Labute approximate surface area is 112 Å². The van der Waals surface area contributed by atoms with Crippen LogP contribution in [0.15, 0.2) is 0 Å². The third-order valence-electron chi connectivity index (χ3n) is 4.45. The lowest BCUT2D eigenvalue weighted by molar-refractivity contribution is -0.149. The van der Waals surface area contributed by atoms with Crippen LogP contribution in [0, 0.1) is 17.3 Å². The smallest absolute Gasteiger partial charge is 0.311 e. The van der Waals surface area contributed by atoms with Crippen molar-refractivity contribution < 1.29 is 14.7 Å². The molecule has 18 heavy (non-hydrogen) atoms. The first-order chi connectivity index (χ1) is 8.51. The van der Waals surface area contributed by atoms with E-state index in [0.717, 1.165) is 25.0 Å². The van der Waals surface area contributed by atoms with E-state index < -0.39 is 11.4 Å². The van der Waals surface area contributed by atoms with Gasteiger partial charge in [-0.2, -0.15) is 11.8 Å². The van der Waals surface area contributed by atoms with Crippen molar-refractivity contribution in [1.82, 2.24) is 4.90 Å². The highest BCUT2D eigenvalue weighted by Gasteiger charge is 2.55. The Kier molecular flexibility index (Phi) is 3.90. The predicted molar refractivity (Wildman–Crippen MR) is 71.5 cm³/mol. The molecule has 1 amide bonds. The van der Waals surface area contributed by atoms with Crippen LogP contribution in [0.5, 0.6) is 0 Å². The van der Waals surface area contributed by atoms with Gasteiger partial charge < -0.3 is 10.0 Å². The van der Waals surface area contributed by atoms with E-state index in [1.54, 1.807) is 16.7 Å². The Bertz CT molecular complexity index is 360. The van der Waals surface area contributed by atoms with Gasteiger partial charge in [0.15, 0.2) is 0 Å². The number of hydrogen-bond acceptors (Lipinski definition) is 3. The monoisotopic (exact) mass is 271 g/mol. The van der Waals surface area contributed by atoms with Crippen LogP contribution in [-0.2, 0) is 9.59 Å². The zero-order chi connectivity index (χ0) is 13.3. The third kappa shape index (κ3) is 2.13. The molecule has 2 rings (SSSR count). The van der Waals surface area contributed by atoms with E-state index >= 15 is 0 Å². The molecule has 1 heterocycles. The molecule has 1 unspecified atom stereocenters. The number of carboxylic acids is 1. The largest absolute Gasteiger partial charge is 0.481 e. The number of carbonyl (C=O) groups is 2. The molecule has 0 aromatic rings. The molecule has 1 aliphatic heterocycles. The lowest BCUT2D eigenvalue weighted by atomic mass is 9.81. The molecule has 1 saturated carbocycles. The van der Waals surface area contributed by atoms with Crippen molar-refractivity contribution in [1.29, 1.82) is 0 Å². The van der Waals surface area contributed by atoms with E-state index in [4.69, 9.17) is 0 Å². The van der Waals surface area contributed by atoms with Crippen molar-refractivity contribution in [2.75, 3.05) is 25.1 Å². The van der Waals surface area contributed by atoms with Gasteiger partial charge in [-0.05, 0) is 25.0 Å². The van der Waals surface area contributed by atoms with Crippen LogP contribution in [0.1, 0.15) is 26.2 Å². The fourth-order valence-electron chi connectivity index (χ4n) is 3.44. The summed E-state index contributed by atoms with van der Waals surface area (Å²) in [7, 11) is 0. The molecule has 1 saturated heterocycles. The first kappa shape index (κ1) is 13.7. The summed E-state index contributed by atoms with van der Waals surface area (Å²) in [4.78, 5) is 25.6. The van der Waals surface area contributed by atoms with Crippen molar-refractivity contribution in [3.8, 4) is 0 Å². The van der Waals surface area contributed by atoms with E-state index in [2.05, 4.69) is 0 Å². The predicted octanol–water partition coefficient (Wildman–Crippen LogP) is 1.70. The Morgan fingerprint density at radius 3 is 2.83 bits per heavy atom. The molecule has 2 fully saturated rings. The van der Waals surface area contributed by atoms with Gasteiger partial charge in [0.05, 0.1) is 5.41 Å². The van der Waals surface area contributed by atoms with Gasteiger partial charge in [-0.15, -0.1) is 0 Å². The van der Waals surface area contributed by atoms with Gasteiger partial charge in [-0.1, -0.05) is 13.3 Å². The Hall–Kier alpha value is -0.710. The number of carboxylic acid groups (broad SMARTS) is 1. The van der Waals surface area contributed by atoms with Crippen molar-refractivity contribution in [2.24, 2.45) is 17.3 Å². The second kappa shape index (κ2) is 5.11. The Morgan fingerprint density at radius 2 is 2.28 bits per heavy atom. The van der Waals surface area contributed by atoms with Gasteiger partial charge in [0.1, 0.15) is 0 Å². The van der Waals surface area contributed by atoms with E-state index in [1.807, 2.05) is 13.2 Å². The molecule has 0 spiro atoms. The third-order valence-corrected chi connectivity index (χ3v) is 5.28. The molecule has 0 aromatic heterocycles. The maximum absolute atomic E-state index is 12.3. The Morgan fingerprint density at radius 1 is 1.56 bits per heavy atom. The minimum Gasteiger partial charge on any atom is -0.481 e. The molecule has 0 radical (unpaired) electrons. The molecule has 4 nitrogen and oxygen atoms in total. The van der Waals surface area contributed by atoms with Gasteiger partial charge >= 0.3 is 5.97 Å². The van der Waals surface area contributed by atoms with Gasteiger partial charge in [0.2, 0.25) is 5.91 Å². The molecule has 3 atom stereocenters. The summed E-state index contributed by atoms with van der Waals surface area (Å²) in [6.45, 7) is 2.99. The summed E-state index contributed by atoms with van der Waals surface area (Å²) >= 11 is 1.66. The van der Waals surface area contributed by atoms with Crippen molar-refractivity contribution >= 4 is 23.6 Å². The number of aliphatic carboxylic acids is 1. The molecule has 1 N–H and O–H groups in total. The summed E-state index contributed by atoms with van der Waals surface area (Å²) in [5, 5.41) is 9.47. The Balaban J connectivity index is 2.07. The highest BCUT2D eigenvalue weighted by molar-refractivity contribution is 7.98. The fourth-order valence-corrected chi connectivity index (χ4v) is 4.08. The minimum atomic E-state index is -0.710. The first-order valence-corrected chi connectivity index (χ1v) is 7.92. The topological polar surface area (TPSA) is 57.6 Å². The highest BCUT2D eigenvalue weighted by atomic mass is 32.2. The molecular formula is C13H21NO3S. The fraction of sp³-hybridized carbons (Fsp3) is 0.846. The van der Waals surface area contributed by atoms with E-state index in [0.29, 0.717) is 13.1 Å². The number of nitrogens with zero attached hydrogens (tertiary/aromatic N) is 1.